The molecule has 2 fully saturated rings. The lowest BCUT2D eigenvalue weighted by Crippen LogP contribution is -2.45. The molecule has 4 heteroatoms. The summed E-state index contributed by atoms with van der Waals surface area (Å²) < 4.78 is 0. The smallest absolute Gasteiger partial charge is 0.307 e. The molecule has 0 radical (unpaired) electrons. The van der Waals surface area contributed by atoms with Crippen LogP contribution in [-0.2, 0) is 9.59 Å². The molecule has 4 nitrogen and oxygen atoms in total. The Kier molecular flexibility index (Phi) is 5.44. The van der Waals surface area contributed by atoms with Gasteiger partial charge in [-0.05, 0) is 25.7 Å². The van der Waals surface area contributed by atoms with E-state index in [9.17, 15) is 14.7 Å². The summed E-state index contributed by atoms with van der Waals surface area (Å²) in [5.74, 6) is -1.49. The van der Waals surface area contributed by atoms with Gasteiger partial charge in [0, 0.05) is 13.1 Å². The van der Waals surface area contributed by atoms with Crippen LogP contribution in [0.4, 0.5) is 0 Å². The second kappa shape index (κ2) is 7.09. The van der Waals surface area contributed by atoms with Crippen LogP contribution in [0.5, 0.6) is 0 Å². The van der Waals surface area contributed by atoms with Crippen LogP contribution in [0.15, 0.2) is 0 Å². The van der Waals surface area contributed by atoms with Crippen LogP contribution in [0.25, 0.3) is 0 Å². The van der Waals surface area contributed by atoms with Crippen molar-refractivity contribution in [2.75, 3.05) is 7.05 Å². The number of carbonyl (C=O) groups excluding carboxylic acids is 1. The molecule has 2 rings (SSSR count). The fraction of sp³-hybridized carbons (Fsp3) is 0.875. The first-order chi connectivity index (χ1) is 9.61. The zero-order valence-electron chi connectivity index (χ0n) is 12.5. The Bertz CT molecular complexity index is 348. The summed E-state index contributed by atoms with van der Waals surface area (Å²) in [7, 11) is 1.88. The molecular weight excluding hydrogens is 254 g/mol. The average molecular weight is 281 g/mol. The lowest BCUT2D eigenvalue weighted by Gasteiger charge is -2.34. The molecule has 1 N–H and O–H groups in total. The van der Waals surface area contributed by atoms with Crippen LogP contribution >= 0.6 is 0 Å². The molecule has 0 aromatic heterocycles. The maximum absolute atomic E-state index is 12.7. The fourth-order valence-electron chi connectivity index (χ4n) is 3.81. The van der Waals surface area contributed by atoms with Crippen LogP contribution in [-0.4, -0.2) is 35.0 Å². The Morgan fingerprint density at radius 2 is 1.35 bits per heavy atom. The summed E-state index contributed by atoms with van der Waals surface area (Å²) in [4.78, 5) is 25.9. The molecule has 20 heavy (non-hydrogen) atoms. The number of aliphatic carboxylic acids is 1. The van der Waals surface area contributed by atoms with E-state index in [1.807, 2.05) is 11.9 Å². The molecule has 0 aliphatic heterocycles. The first-order valence-electron chi connectivity index (χ1n) is 8.10. The predicted octanol–water partition coefficient (Wildman–Crippen LogP) is 3.06. The minimum atomic E-state index is -0.794. The van der Waals surface area contributed by atoms with E-state index in [2.05, 4.69) is 0 Å². The van der Waals surface area contributed by atoms with Crippen LogP contribution in [0.2, 0.25) is 0 Å². The second-order valence-electron chi connectivity index (χ2n) is 6.43. The van der Waals surface area contributed by atoms with Gasteiger partial charge in [0.15, 0.2) is 0 Å². The van der Waals surface area contributed by atoms with E-state index >= 15 is 0 Å². The van der Waals surface area contributed by atoms with E-state index in [1.165, 1.54) is 25.7 Å². The third-order valence-corrected chi connectivity index (χ3v) is 5.12. The van der Waals surface area contributed by atoms with Crippen molar-refractivity contribution in [3.05, 3.63) is 0 Å². The summed E-state index contributed by atoms with van der Waals surface area (Å²) >= 11 is 0. The Morgan fingerprint density at radius 1 is 0.850 bits per heavy atom. The molecule has 0 bridgehead atoms. The van der Waals surface area contributed by atoms with Gasteiger partial charge in [-0.3, -0.25) is 9.59 Å². The van der Waals surface area contributed by atoms with Crippen molar-refractivity contribution in [3.63, 3.8) is 0 Å². The van der Waals surface area contributed by atoms with E-state index in [4.69, 9.17) is 0 Å². The monoisotopic (exact) mass is 281 g/mol. The summed E-state index contributed by atoms with van der Waals surface area (Å²) in [5, 5.41) is 9.32. The summed E-state index contributed by atoms with van der Waals surface area (Å²) in [6, 6.07) is 0.321. The summed E-state index contributed by atoms with van der Waals surface area (Å²) in [5.41, 5.74) is 0. The van der Waals surface area contributed by atoms with Gasteiger partial charge in [-0.15, -0.1) is 0 Å². The molecule has 0 heterocycles. The Balaban J connectivity index is 2.01. The molecule has 2 aliphatic carbocycles. The molecule has 1 amide bonds. The Labute approximate surface area is 121 Å². The van der Waals surface area contributed by atoms with Gasteiger partial charge in [0.1, 0.15) is 0 Å². The molecule has 2 atom stereocenters. The number of hydrogen-bond acceptors (Lipinski definition) is 2. The van der Waals surface area contributed by atoms with Gasteiger partial charge in [-0.1, -0.05) is 38.5 Å². The highest BCUT2D eigenvalue weighted by molar-refractivity contribution is 5.85. The lowest BCUT2D eigenvalue weighted by molar-refractivity contribution is -0.152. The van der Waals surface area contributed by atoms with Gasteiger partial charge in [0.05, 0.1) is 11.8 Å². The van der Waals surface area contributed by atoms with Crippen molar-refractivity contribution < 1.29 is 14.7 Å². The van der Waals surface area contributed by atoms with Gasteiger partial charge in [-0.25, -0.2) is 0 Å². The lowest BCUT2D eigenvalue weighted by atomic mass is 9.78. The number of amides is 1. The zero-order valence-corrected chi connectivity index (χ0v) is 12.5. The second-order valence-corrected chi connectivity index (χ2v) is 6.43. The molecule has 114 valence electrons. The highest BCUT2D eigenvalue weighted by Gasteiger charge is 2.38. The van der Waals surface area contributed by atoms with Crippen molar-refractivity contribution >= 4 is 11.9 Å². The van der Waals surface area contributed by atoms with Crippen molar-refractivity contribution in [2.45, 2.75) is 70.3 Å². The largest absolute Gasteiger partial charge is 0.481 e. The highest BCUT2D eigenvalue weighted by Crippen LogP contribution is 2.33. The van der Waals surface area contributed by atoms with E-state index in [0.29, 0.717) is 12.5 Å². The summed E-state index contributed by atoms with van der Waals surface area (Å²) in [6.07, 6.45) is 10.4. The molecule has 2 aliphatic rings. The first-order valence-corrected chi connectivity index (χ1v) is 8.10. The average Bonchev–Trinajstić information content (AvgIpc) is 2.74. The Morgan fingerprint density at radius 3 is 1.90 bits per heavy atom. The topological polar surface area (TPSA) is 57.6 Å². The van der Waals surface area contributed by atoms with Crippen molar-refractivity contribution in [1.82, 2.24) is 4.90 Å². The summed E-state index contributed by atoms with van der Waals surface area (Å²) in [6.45, 7) is 0. The molecule has 0 spiro atoms. The number of carboxylic acid groups (broad SMARTS) is 1. The number of rotatable bonds is 3. The van der Waals surface area contributed by atoms with Crippen LogP contribution in [0, 0.1) is 11.8 Å². The number of hydrogen-bond donors (Lipinski definition) is 1. The fourth-order valence-corrected chi connectivity index (χ4v) is 3.81. The molecular formula is C16H27NO3. The standard InChI is InChI=1S/C16H27NO3/c1-17(12-8-4-2-3-5-9-12)15(18)13-10-6-7-11-14(13)16(19)20/h12-14H,2-11H2,1H3,(H,19,20). The quantitative estimate of drug-likeness (QED) is 0.809. The van der Waals surface area contributed by atoms with Crippen LogP contribution < -0.4 is 0 Å². The zero-order chi connectivity index (χ0) is 14.5. The van der Waals surface area contributed by atoms with E-state index in [1.54, 1.807) is 0 Å². The molecule has 0 saturated heterocycles. The molecule has 0 aromatic carbocycles. The van der Waals surface area contributed by atoms with Crippen LogP contribution in [0.1, 0.15) is 64.2 Å². The predicted molar refractivity (Wildman–Crippen MR) is 77.3 cm³/mol. The van der Waals surface area contributed by atoms with Crippen molar-refractivity contribution in [2.24, 2.45) is 11.8 Å². The van der Waals surface area contributed by atoms with Gasteiger partial charge < -0.3 is 10.0 Å². The van der Waals surface area contributed by atoms with Gasteiger partial charge >= 0.3 is 5.97 Å². The van der Waals surface area contributed by atoms with Crippen molar-refractivity contribution in [3.8, 4) is 0 Å². The van der Waals surface area contributed by atoms with Gasteiger partial charge in [-0.2, -0.15) is 0 Å². The normalized spacial score (nSPS) is 28.6. The maximum Gasteiger partial charge on any atom is 0.307 e. The molecule has 2 saturated carbocycles. The number of carboxylic acids is 1. The van der Waals surface area contributed by atoms with E-state index in [0.717, 1.165) is 32.1 Å². The van der Waals surface area contributed by atoms with Crippen LogP contribution in [0.3, 0.4) is 0 Å². The maximum atomic E-state index is 12.7. The van der Waals surface area contributed by atoms with E-state index in [-0.39, 0.29) is 11.8 Å². The minimum Gasteiger partial charge on any atom is -0.481 e. The third-order valence-electron chi connectivity index (χ3n) is 5.12. The molecule has 2 unspecified atom stereocenters. The van der Waals surface area contributed by atoms with E-state index < -0.39 is 11.9 Å². The minimum absolute atomic E-state index is 0.0731. The third kappa shape index (κ3) is 3.53. The SMILES string of the molecule is CN(C(=O)C1CCCCC1C(=O)O)C1CCCCCC1. The van der Waals surface area contributed by atoms with Gasteiger partial charge in [0.25, 0.3) is 0 Å². The highest BCUT2D eigenvalue weighted by atomic mass is 16.4. The number of nitrogens with zero attached hydrogens (tertiary/aromatic N) is 1. The number of carbonyl (C=O) groups is 2. The van der Waals surface area contributed by atoms with Crippen molar-refractivity contribution in [1.29, 1.82) is 0 Å². The molecule has 0 aromatic rings. The van der Waals surface area contributed by atoms with Gasteiger partial charge in [0.2, 0.25) is 5.91 Å². The first kappa shape index (κ1) is 15.3. The Hall–Kier alpha value is -1.06.